The molecule has 0 radical (unpaired) electrons. The monoisotopic (exact) mass is 260 g/mol. The van der Waals surface area contributed by atoms with E-state index in [-0.39, 0.29) is 0 Å². The van der Waals surface area contributed by atoms with Crippen molar-refractivity contribution in [1.82, 2.24) is 10.2 Å². The molecular formula is C17H28N2. The lowest BCUT2D eigenvalue weighted by Crippen LogP contribution is -2.41. The molecule has 2 nitrogen and oxygen atoms in total. The molecule has 2 atom stereocenters. The van der Waals surface area contributed by atoms with Crippen LogP contribution in [0.4, 0.5) is 0 Å². The van der Waals surface area contributed by atoms with Gasteiger partial charge < -0.3 is 10.2 Å². The molecule has 1 aliphatic carbocycles. The number of nitrogens with one attached hydrogen (secondary N) is 1. The van der Waals surface area contributed by atoms with E-state index in [2.05, 4.69) is 55.5 Å². The first-order chi connectivity index (χ1) is 9.20. The molecule has 1 aromatic carbocycles. The van der Waals surface area contributed by atoms with Gasteiger partial charge in [-0.2, -0.15) is 0 Å². The number of nitrogens with zero attached hydrogens (tertiary/aromatic N) is 1. The van der Waals surface area contributed by atoms with Gasteiger partial charge in [-0.05, 0) is 50.9 Å². The molecule has 19 heavy (non-hydrogen) atoms. The minimum atomic E-state index is 0.716. The maximum Gasteiger partial charge on any atom is 0.0233 e. The molecule has 0 bridgehead atoms. The molecule has 2 rings (SSSR count). The third-order valence-electron chi connectivity index (χ3n) is 4.53. The van der Waals surface area contributed by atoms with Gasteiger partial charge in [-0.15, -0.1) is 0 Å². The van der Waals surface area contributed by atoms with Gasteiger partial charge in [0.15, 0.2) is 0 Å². The van der Waals surface area contributed by atoms with Crippen LogP contribution < -0.4 is 5.32 Å². The molecule has 1 saturated carbocycles. The molecule has 0 amide bonds. The van der Waals surface area contributed by atoms with Gasteiger partial charge in [0.1, 0.15) is 0 Å². The number of rotatable bonds is 5. The second-order valence-corrected chi connectivity index (χ2v) is 6.06. The number of hydrogen-bond acceptors (Lipinski definition) is 2. The van der Waals surface area contributed by atoms with Crippen LogP contribution in [0.25, 0.3) is 0 Å². The molecule has 1 aliphatic rings. The fourth-order valence-electron chi connectivity index (χ4n) is 3.35. The zero-order valence-electron chi connectivity index (χ0n) is 12.7. The molecule has 2 unspecified atom stereocenters. The number of benzene rings is 1. The summed E-state index contributed by atoms with van der Waals surface area (Å²) in [5.74, 6) is 0.813. The first-order valence-corrected chi connectivity index (χ1v) is 7.61. The van der Waals surface area contributed by atoms with Crippen molar-refractivity contribution in [3.05, 3.63) is 35.4 Å². The zero-order chi connectivity index (χ0) is 13.7. The molecule has 0 saturated heterocycles. The van der Waals surface area contributed by atoms with Crippen LogP contribution >= 0.6 is 0 Å². The van der Waals surface area contributed by atoms with Gasteiger partial charge in [0.2, 0.25) is 0 Å². The third-order valence-corrected chi connectivity index (χ3v) is 4.53. The molecule has 1 N–H and O–H groups in total. The Bertz CT molecular complexity index is 389. The second-order valence-electron chi connectivity index (χ2n) is 6.06. The molecular weight excluding hydrogens is 232 g/mol. The van der Waals surface area contributed by atoms with E-state index in [1.807, 2.05) is 0 Å². The summed E-state index contributed by atoms with van der Waals surface area (Å²) in [6, 6.07) is 9.44. The molecule has 2 heteroatoms. The lowest BCUT2D eigenvalue weighted by atomic mass is 9.84. The van der Waals surface area contributed by atoms with E-state index in [1.165, 1.54) is 43.4 Å². The Morgan fingerprint density at radius 1 is 1.21 bits per heavy atom. The number of hydrogen-bond donors (Lipinski definition) is 1. The first-order valence-electron chi connectivity index (χ1n) is 7.61. The lowest BCUT2D eigenvalue weighted by Gasteiger charge is -2.34. The summed E-state index contributed by atoms with van der Waals surface area (Å²) < 4.78 is 0. The highest BCUT2D eigenvalue weighted by Crippen LogP contribution is 2.25. The summed E-state index contributed by atoms with van der Waals surface area (Å²) in [6.07, 6.45) is 5.52. The zero-order valence-corrected chi connectivity index (χ0v) is 12.7. The van der Waals surface area contributed by atoms with E-state index in [0.29, 0.717) is 6.04 Å². The Morgan fingerprint density at radius 3 is 2.68 bits per heavy atom. The van der Waals surface area contributed by atoms with E-state index in [1.54, 1.807) is 0 Å². The van der Waals surface area contributed by atoms with Crippen molar-refractivity contribution in [2.75, 3.05) is 20.6 Å². The molecule has 0 heterocycles. The van der Waals surface area contributed by atoms with Crippen LogP contribution in [0.1, 0.15) is 36.8 Å². The Balaban J connectivity index is 1.90. The van der Waals surface area contributed by atoms with Gasteiger partial charge in [-0.25, -0.2) is 0 Å². The van der Waals surface area contributed by atoms with Crippen molar-refractivity contribution in [3.8, 4) is 0 Å². The largest absolute Gasteiger partial charge is 0.317 e. The Labute approximate surface area is 118 Å². The quantitative estimate of drug-likeness (QED) is 0.874. The normalized spacial score (nSPS) is 23.8. The molecule has 0 aromatic heterocycles. The topological polar surface area (TPSA) is 15.3 Å². The van der Waals surface area contributed by atoms with Crippen LogP contribution in [-0.2, 0) is 6.54 Å². The van der Waals surface area contributed by atoms with Gasteiger partial charge in [-0.3, -0.25) is 0 Å². The summed E-state index contributed by atoms with van der Waals surface area (Å²) in [6.45, 7) is 4.49. The van der Waals surface area contributed by atoms with Crippen molar-refractivity contribution >= 4 is 0 Å². The first kappa shape index (κ1) is 14.5. The van der Waals surface area contributed by atoms with Gasteiger partial charge in [0, 0.05) is 19.1 Å². The van der Waals surface area contributed by atoms with Crippen molar-refractivity contribution in [2.24, 2.45) is 5.92 Å². The van der Waals surface area contributed by atoms with Crippen molar-refractivity contribution in [2.45, 2.75) is 45.2 Å². The van der Waals surface area contributed by atoms with Gasteiger partial charge in [0.25, 0.3) is 0 Å². The SMILES string of the molecule is CNC1CCCCC1CN(C)Cc1ccccc1C. The molecule has 0 aliphatic heterocycles. The van der Waals surface area contributed by atoms with E-state index >= 15 is 0 Å². The van der Waals surface area contributed by atoms with Crippen LogP contribution in [-0.4, -0.2) is 31.6 Å². The summed E-state index contributed by atoms with van der Waals surface area (Å²) in [5.41, 5.74) is 2.87. The summed E-state index contributed by atoms with van der Waals surface area (Å²) in [7, 11) is 4.37. The van der Waals surface area contributed by atoms with Crippen LogP contribution in [0.5, 0.6) is 0 Å². The highest BCUT2D eigenvalue weighted by Gasteiger charge is 2.24. The summed E-state index contributed by atoms with van der Waals surface area (Å²) in [4.78, 5) is 2.49. The minimum absolute atomic E-state index is 0.716. The maximum atomic E-state index is 3.51. The van der Waals surface area contributed by atoms with Gasteiger partial charge in [-0.1, -0.05) is 37.1 Å². The molecule has 1 aromatic rings. The minimum Gasteiger partial charge on any atom is -0.317 e. The second kappa shape index (κ2) is 7.06. The van der Waals surface area contributed by atoms with E-state index in [9.17, 15) is 0 Å². The Hall–Kier alpha value is -0.860. The van der Waals surface area contributed by atoms with Crippen LogP contribution in [0.15, 0.2) is 24.3 Å². The van der Waals surface area contributed by atoms with Crippen molar-refractivity contribution in [1.29, 1.82) is 0 Å². The molecule has 106 valence electrons. The fourth-order valence-corrected chi connectivity index (χ4v) is 3.35. The molecule has 0 spiro atoms. The Kier molecular flexibility index (Phi) is 5.41. The maximum absolute atomic E-state index is 3.51. The Morgan fingerprint density at radius 2 is 1.95 bits per heavy atom. The van der Waals surface area contributed by atoms with Crippen molar-refractivity contribution < 1.29 is 0 Å². The summed E-state index contributed by atoms with van der Waals surface area (Å²) in [5, 5.41) is 3.51. The van der Waals surface area contributed by atoms with Crippen molar-refractivity contribution in [3.63, 3.8) is 0 Å². The smallest absolute Gasteiger partial charge is 0.0233 e. The van der Waals surface area contributed by atoms with Gasteiger partial charge in [0.05, 0.1) is 0 Å². The standard InChI is InChI=1S/C17H28N2/c1-14-8-4-5-9-15(14)12-19(3)13-16-10-6-7-11-17(16)18-2/h4-5,8-9,16-18H,6-7,10-13H2,1-3H3. The van der Waals surface area contributed by atoms with Crippen LogP contribution in [0.2, 0.25) is 0 Å². The van der Waals surface area contributed by atoms with E-state index in [0.717, 1.165) is 12.5 Å². The summed E-state index contributed by atoms with van der Waals surface area (Å²) >= 11 is 0. The predicted octanol–water partition coefficient (Wildman–Crippen LogP) is 3.21. The average molecular weight is 260 g/mol. The fraction of sp³-hybridized carbons (Fsp3) is 0.647. The predicted molar refractivity (Wildman–Crippen MR) is 82.3 cm³/mol. The average Bonchev–Trinajstić information content (AvgIpc) is 2.42. The van der Waals surface area contributed by atoms with Crippen LogP contribution in [0, 0.1) is 12.8 Å². The third kappa shape index (κ3) is 4.05. The van der Waals surface area contributed by atoms with Gasteiger partial charge >= 0.3 is 0 Å². The number of aryl methyl sites for hydroxylation is 1. The van der Waals surface area contributed by atoms with E-state index in [4.69, 9.17) is 0 Å². The molecule has 1 fully saturated rings. The highest BCUT2D eigenvalue weighted by molar-refractivity contribution is 5.25. The lowest BCUT2D eigenvalue weighted by molar-refractivity contribution is 0.190. The highest BCUT2D eigenvalue weighted by atomic mass is 15.1. The van der Waals surface area contributed by atoms with E-state index < -0.39 is 0 Å². The van der Waals surface area contributed by atoms with Crippen LogP contribution in [0.3, 0.4) is 0 Å².